The Bertz CT molecular complexity index is 604. The number of amides is 3. The van der Waals surface area contributed by atoms with Gasteiger partial charge in [0.15, 0.2) is 0 Å². The molecule has 0 bridgehead atoms. The first-order chi connectivity index (χ1) is 14.5. The van der Waals surface area contributed by atoms with Crippen molar-refractivity contribution in [1.29, 1.82) is 0 Å². The first kappa shape index (κ1) is 29.1. The van der Waals surface area contributed by atoms with Crippen LogP contribution in [0, 0.1) is 11.8 Å². The molecular formula is C20H38N4O6S. The molecule has 5 unspecified atom stereocenters. The molecule has 0 aliphatic carbocycles. The lowest BCUT2D eigenvalue weighted by Crippen LogP contribution is -2.59. The molecule has 0 saturated carbocycles. The van der Waals surface area contributed by atoms with E-state index in [4.69, 9.17) is 15.9 Å². The van der Waals surface area contributed by atoms with E-state index in [9.17, 15) is 19.2 Å². The molecule has 5 atom stereocenters. The molecule has 7 N–H and O–H groups in total. The van der Waals surface area contributed by atoms with E-state index in [1.807, 2.05) is 27.0 Å². The Balaban J connectivity index is 5.42. The highest BCUT2D eigenvalue weighted by Crippen LogP contribution is 2.11. The molecule has 0 rings (SSSR count). The van der Waals surface area contributed by atoms with Gasteiger partial charge >= 0.3 is 5.97 Å². The van der Waals surface area contributed by atoms with Crippen molar-refractivity contribution in [1.82, 2.24) is 16.0 Å². The van der Waals surface area contributed by atoms with Crippen molar-refractivity contribution in [3.63, 3.8) is 0 Å². The number of aliphatic hydroxyl groups is 1. The van der Waals surface area contributed by atoms with Crippen molar-refractivity contribution in [3.8, 4) is 0 Å². The number of carbonyl (C=O) groups excluding carboxylic acids is 3. The average molecular weight is 463 g/mol. The van der Waals surface area contributed by atoms with Gasteiger partial charge < -0.3 is 31.9 Å². The highest BCUT2D eigenvalue weighted by molar-refractivity contribution is 7.98. The number of thioether (sulfide) groups is 1. The van der Waals surface area contributed by atoms with E-state index in [-0.39, 0.29) is 11.8 Å². The van der Waals surface area contributed by atoms with Gasteiger partial charge in [-0.2, -0.15) is 11.8 Å². The maximum atomic E-state index is 13.0. The molecule has 0 spiro atoms. The number of hydrogen-bond donors (Lipinski definition) is 6. The van der Waals surface area contributed by atoms with Crippen LogP contribution in [0.3, 0.4) is 0 Å². The molecular weight excluding hydrogens is 424 g/mol. The molecule has 0 aliphatic rings. The molecule has 0 aromatic rings. The van der Waals surface area contributed by atoms with Gasteiger partial charge in [0, 0.05) is 0 Å². The van der Waals surface area contributed by atoms with Crippen molar-refractivity contribution in [3.05, 3.63) is 0 Å². The second kappa shape index (κ2) is 15.0. The number of aliphatic hydroxyl groups excluding tert-OH is 1. The van der Waals surface area contributed by atoms with E-state index in [0.29, 0.717) is 25.0 Å². The Morgan fingerprint density at radius 3 is 2.00 bits per heavy atom. The molecule has 11 heteroatoms. The summed E-state index contributed by atoms with van der Waals surface area (Å²) in [6, 6.07) is -4.14. The molecule has 0 aromatic carbocycles. The fraction of sp³-hybridized carbons (Fsp3) is 0.800. The molecule has 0 aliphatic heterocycles. The normalized spacial score (nSPS) is 16.0. The third-order valence-electron chi connectivity index (χ3n) is 4.90. The van der Waals surface area contributed by atoms with Crippen LogP contribution in [0.1, 0.15) is 47.0 Å². The number of aliphatic carboxylic acids is 1. The standard InChI is InChI=1S/C20H38N4O6S/c1-6-12(4)16(19(28)23-15(10-25)20(29)30)24-18(27)14(9-11(2)3)22-17(26)13(21)7-8-31-5/h11-16,25H,6-10,21H2,1-5H3,(H,22,26)(H,23,28)(H,24,27)(H,29,30). The number of nitrogens with two attached hydrogens (primary N) is 1. The summed E-state index contributed by atoms with van der Waals surface area (Å²) in [5.74, 6) is -2.59. The van der Waals surface area contributed by atoms with E-state index in [0.717, 1.165) is 0 Å². The van der Waals surface area contributed by atoms with Gasteiger partial charge in [0.2, 0.25) is 17.7 Å². The number of carbonyl (C=O) groups is 4. The number of hydrogen-bond acceptors (Lipinski definition) is 7. The first-order valence-corrected chi connectivity index (χ1v) is 11.9. The van der Waals surface area contributed by atoms with Gasteiger partial charge in [-0.3, -0.25) is 14.4 Å². The summed E-state index contributed by atoms with van der Waals surface area (Å²) in [5.41, 5.74) is 5.90. The lowest BCUT2D eigenvalue weighted by Gasteiger charge is -2.28. The Hall–Kier alpha value is -1.85. The number of carboxylic acids is 1. The second-order valence-electron chi connectivity index (χ2n) is 8.03. The summed E-state index contributed by atoms with van der Waals surface area (Å²) in [5, 5.41) is 25.8. The van der Waals surface area contributed by atoms with Gasteiger partial charge in [-0.25, -0.2) is 4.79 Å². The largest absolute Gasteiger partial charge is 0.480 e. The summed E-state index contributed by atoms with van der Waals surface area (Å²) < 4.78 is 0. The zero-order valence-electron chi connectivity index (χ0n) is 19.0. The Morgan fingerprint density at radius 2 is 1.55 bits per heavy atom. The summed E-state index contributed by atoms with van der Waals surface area (Å²) in [4.78, 5) is 49.1. The molecule has 0 saturated heterocycles. The number of nitrogens with one attached hydrogen (secondary N) is 3. The van der Waals surface area contributed by atoms with Gasteiger partial charge in [0.05, 0.1) is 12.6 Å². The number of carboxylic acid groups (broad SMARTS) is 1. The van der Waals surface area contributed by atoms with Gasteiger partial charge in [-0.15, -0.1) is 0 Å². The van der Waals surface area contributed by atoms with Gasteiger partial charge in [0.25, 0.3) is 0 Å². The van der Waals surface area contributed by atoms with Crippen LogP contribution in [0.2, 0.25) is 0 Å². The highest BCUT2D eigenvalue weighted by atomic mass is 32.2. The van der Waals surface area contributed by atoms with Crippen molar-refractivity contribution < 1.29 is 29.4 Å². The summed E-state index contributed by atoms with van der Waals surface area (Å²) in [7, 11) is 0. The van der Waals surface area contributed by atoms with Gasteiger partial charge in [-0.05, 0) is 36.7 Å². The quantitative estimate of drug-likeness (QED) is 0.192. The van der Waals surface area contributed by atoms with Crippen molar-refractivity contribution in [2.45, 2.75) is 71.1 Å². The summed E-state index contributed by atoms with van der Waals surface area (Å²) >= 11 is 1.57. The lowest BCUT2D eigenvalue weighted by molar-refractivity contribution is -0.143. The zero-order valence-corrected chi connectivity index (χ0v) is 19.8. The molecule has 0 heterocycles. The fourth-order valence-electron chi connectivity index (χ4n) is 2.76. The Kier molecular flexibility index (Phi) is 14.1. The first-order valence-electron chi connectivity index (χ1n) is 10.5. The summed E-state index contributed by atoms with van der Waals surface area (Å²) in [6.45, 7) is 6.60. The molecule has 0 fully saturated rings. The second-order valence-corrected chi connectivity index (χ2v) is 9.02. The molecule has 31 heavy (non-hydrogen) atoms. The minimum atomic E-state index is -1.48. The van der Waals surface area contributed by atoms with E-state index in [1.165, 1.54) is 0 Å². The maximum absolute atomic E-state index is 13.0. The fourth-order valence-corrected chi connectivity index (χ4v) is 3.25. The van der Waals surface area contributed by atoms with Crippen LogP contribution in [-0.4, -0.2) is 76.7 Å². The van der Waals surface area contributed by atoms with Crippen LogP contribution < -0.4 is 21.7 Å². The average Bonchev–Trinajstić information content (AvgIpc) is 2.71. The van der Waals surface area contributed by atoms with Crippen LogP contribution in [0.5, 0.6) is 0 Å². The Morgan fingerprint density at radius 1 is 0.968 bits per heavy atom. The van der Waals surface area contributed by atoms with E-state index < -0.39 is 54.5 Å². The van der Waals surface area contributed by atoms with Crippen LogP contribution in [0.15, 0.2) is 0 Å². The maximum Gasteiger partial charge on any atom is 0.328 e. The predicted molar refractivity (Wildman–Crippen MR) is 120 cm³/mol. The van der Waals surface area contributed by atoms with Crippen molar-refractivity contribution in [2.75, 3.05) is 18.6 Å². The van der Waals surface area contributed by atoms with Crippen molar-refractivity contribution in [2.24, 2.45) is 17.6 Å². The third-order valence-corrected chi connectivity index (χ3v) is 5.54. The molecule has 0 radical (unpaired) electrons. The van der Waals surface area contributed by atoms with Gasteiger partial charge in [-0.1, -0.05) is 34.1 Å². The zero-order chi connectivity index (χ0) is 24.1. The minimum Gasteiger partial charge on any atom is -0.480 e. The van der Waals surface area contributed by atoms with Crippen LogP contribution in [0.4, 0.5) is 0 Å². The Labute approximate surface area is 188 Å². The monoisotopic (exact) mass is 462 g/mol. The highest BCUT2D eigenvalue weighted by Gasteiger charge is 2.32. The smallest absolute Gasteiger partial charge is 0.328 e. The molecule has 3 amide bonds. The number of rotatable bonds is 15. The lowest BCUT2D eigenvalue weighted by atomic mass is 9.96. The predicted octanol–water partition coefficient (Wildman–Crippen LogP) is -0.310. The molecule has 10 nitrogen and oxygen atoms in total. The third kappa shape index (κ3) is 10.8. The molecule has 0 aromatic heterocycles. The van der Waals surface area contributed by atoms with E-state index in [2.05, 4.69) is 16.0 Å². The van der Waals surface area contributed by atoms with Crippen LogP contribution in [-0.2, 0) is 19.2 Å². The SMILES string of the molecule is CCC(C)C(NC(=O)C(CC(C)C)NC(=O)C(N)CCSC)C(=O)NC(CO)C(=O)O. The minimum absolute atomic E-state index is 0.0835. The van der Waals surface area contributed by atoms with Gasteiger partial charge in [0.1, 0.15) is 18.1 Å². The van der Waals surface area contributed by atoms with Crippen LogP contribution in [0.25, 0.3) is 0 Å². The van der Waals surface area contributed by atoms with Crippen LogP contribution >= 0.6 is 11.8 Å². The molecule has 180 valence electrons. The summed E-state index contributed by atoms with van der Waals surface area (Å²) in [6.07, 6.45) is 3.26. The van der Waals surface area contributed by atoms with E-state index >= 15 is 0 Å². The van der Waals surface area contributed by atoms with Crippen molar-refractivity contribution >= 4 is 35.5 Å². The topological polar surface area (TPSA) is 171 Å². The van der Waals surface area contributed by atoms with E-state index in [1.54, 1.807) is 18.7 Å².